The van der Waals surface area contributed by atoms with Gasteiger partial charge in [0, 0.05) is 6.04 Å². The molecular formula is C22H25NO3. The van der Waals surface area contributed by atoms with Crippen molar-refractivity contribution in [1.29, 1.82) is 0 Å². The topological polar surface area (TPSA) is 55.4 Å². The highest BCUT2D eigenvalue weighted by molar-refractivity contribution is 5.91. The van der Waals surface area contributed by atoms with Gasteiger partial charge in [-0.2, -0.15) is 0 Å². The molecule has 4 nitrogen and oxygen atoms in total. The number of nitrogens with one attached hydrogen (secondary N) is 1. The molecule has 0 bridgehead atoms. The van der Waals surface area contributed by atoms with Crippen molar-refractivity contribution < 1.29 is 14.3 Å². The maximum absolute atomic E-state index is 12.1. The standard InChI is InChI=1S/C22H25NO3/c24-21(23-20-10-6-1-2-7-11-20)16-26-22(25)19-14-12-18(13-15-19)17-8-4-3-5-9-17/h3-5,8-9,12-15,20H,1-2,6-7,10-11,16H2,(H,23,24). The number of ether oxygens (including phenoxy) is 1. The predicted octanol–water partition coefficient (Wildman–Crippen LogP) is 4.35. The molecule has 0 unspecified atom stereocenters. The first-order valence-corrected chi connectivity index (χ1v) is 9.34. The molecule has 4 heteroatoms. The molecule has 1 fully saturated rings. The zero-order valence-electron chi connectivity index (χ0n) is 14.9. The molecule has 0 atom stereocenters. The van der Waals surface area contributed by atoms with Gasteiger partial charge in [0.25, 0.3) is 5.91 Å². The smallest absolute Gasteiger partial charge is 0.338 e. The Morgan fingerprint density at radius 1 is 0.846 bits per heavy atom. The lowest BCUT2D eigenvalue weighted by Gasteiger charge is -2.16. The largest absolute Gasteiger partial charge is 0.452 e. The molecule has 0 radical (unpaired) electrons. The van der Waals surface area contributed by atoms with Gasteiger partial charge in [-0.25, -0.2) is 4.79 Å². The molecule has 136 valence electrons. The number of hydrogen-bond acceptors (Lipinski definition) is 3. The maximum Gasteiger partial charge on any atom is 0.338 e. The van der Waals surface area contributed by atoms with Crippen LogP contribution < -0.4 is 5.32 Å². The highest BCUT2D eigenvalue weighted by atomic mass is 16.5. The zero-order valence-corrected chi connectivity index (χ0v) is 14.9. The molecule has 2 aromatic carbocycles. The minimum absolute atomic E-state index is 0.217. The van der Waals surface area contributed by atoms with E-state index in [2.05, 4.69) is 5.32 Å². The lowest BCUT2D eigenvalue weighted by atomic mass is 10.0. The number of esters is 1. The molecule has 0 aromatic heterocycles. The van der Waals surface area contributed by atoms with Gasteiger partial charge in [-0.05, 0) is 36.1 Å². The minimum atomic E-state index is -0.472. The number of carbonyl (C=O) groups excluding carboxylic acids is 2. The van der Waals surface area contributed by atoms with E-state index in [9.17, 15) is 9.59 Å². The second-order valence-electron chi connectivity index (χ2n) is 6.78. The fourth-order valence-electron chi connectivity index (χ4n) is 3.34. The van der Waals surface area contributed by atoms with Crippen LogP contribution in [0.1, 0.15) is 48.9 Å². The van der Waals surface area contributed by atoms with E-state index in [1.165, 1.54) is 12.8 Å². The summed E-state index contributed by atoms with van der Waals surface area (Å²) in [5.41, 5.74) is 2.58. The molecule has 0 heterocycles. The monoisotopic (exact) mass is 351 g/mol. The van der Waals surface area contributed by atoms with Crippen LogP contribution in [0.4, 0.5) is 0 Å². The van der Waals surface area contributed by atoms with Gasteiger partial charge in [0.15, 0.2) is 6.61 Å². The number of hydrogen-bond donors (Lipinski definition) is 1. The summed E-state index contributed by atoms with van der Waals surface area (Å²) in [6.45, 7) is -0.226. The first-order chi connectivity index (χ1) is 12.7. The van der Waals surface area contributed by atoms with Crippen LogP contribution in [0.15, 0.2) is 54.6 Å². The second-order valence-corrected chi connectivity index (χ2v) is 6.78. The third kappa shape index (κ3) is 5.19. The zero-order chi connectivity index (χ0) is 18.2. The van der Waals surface area contributed by atoms with Gasteiger partial charge >= 0.3 is 5.97 Å². The van der Waals surface area contributed by atoms with Crippen molar-refractivity contribution in [3.05, 3.63) is 60.2 Å². The summed E-state index contributed by atoms with van der Waals surface area (Å²) in [5.74, 6) is -0.688. The Bertz CT molecular complexity index is 717. The van der Waals surface area contributed by atoms with Gasteiger partial charge in [0.1, 0.15) is 0 Å². The normalized spacial score (nSPS) is 15.1. The SMILES string of the molecule is O=C(COC(=O)c1ccc(-c2ccccc2)cc1)NC1CCCCCC1. The van der Waals surface area contributed by atoms with Gasteiger partial charge in [-0.1, -0.05) is 68.1 Å². The lowest BCUT2D eigenvalue weighted by Crippen LogP contribution is -2.37. The summed E-state index contributed by atoms with van der Waals surface area (Å²) in [4.78, 5) is 24.2. The summed E-state index contributed by atoms with van der Waals surface area (Å²) in [6.07, 6.45) is 6.80. The molecule has 26 heavy (non-hydrogen) atoms. The molecule has 0 saturated heterocycles. The Balaban J connectivity index is 1.49. The van der Waals surface area contributed by atoms with E-state index in [1.54, 1.807) is 12.1 Å². The molecule has 1 aliphatic carbocycles. The molecule has 3 rings (SSSR count). The van der Waals surface area contributed by atoms with E-state index >= 15 is 0 Å². The fourth-order valence-corrected chi connectivity index (χ4v) is 3.34. The molecule has 1 amide bonds. The van der Waals surface area contributed by atoms with Crippen molar-refractivity contribution in [3.8, 4) is 11.1 Å². The highest BCUT2D eigenvalue weighted by Crippen LogP contribution is 2.20. The molecule has 0 spiro atoms. The van der Waals surface area contributed by atoms with Gasteiger partial charge in [0.2, 0.25) is 0 Å². The predicted molar refractivity (Wildman–Crippen MR) is 102 cm³/mol. The molecule has 0 aliphatic heterocycles. The third-order valence-corrected chi connectivity index (χ3v) is 4.78. The Hall–Kier alpha value is -2.62. The average Bonchev–Trinajstić information content (AvgIpc) is 2.95. The van der Waals surface area contributed by atoms with Crippen molar-refractivity contribution in [3.63, 3.8) is 0 Å². The highest BCUT2D eigenvalue weighted by Gasteiger charge is 2.16. The molecule has 1 saturated carbocycles. The van der Waals surface area contributed by atoms with Crippen molar-refractivity contribution in [1.82, 2.24) is 5.32 Å². The van der Waals surface area contributed by atoms with Crippen LogP contribution in [0.3, 0.4) is 0 Å². The molecular weight excluding hydrogens is 326 g/mol. The van der Waals surface area contributed by atoms with Crippen LogP contribution in [0.5, 0.6) is 0 Å². The Morgan fingerprint density at radius 2 is 1.46 bits per heavy atom. The average molecular weight is 351 g/mol. The van der Waals surface area contributed by atoms with E-state index in [0.717, 1.165) is 36.8 Å². The Labute approximate surface area is 154 Å². The van der Waals surface area contributed by atoms with E-state index < -0.39 is 5.97 Å². The van der Waals surface area contributed by atoms with Crippen LogP contribution in [0, 0.1) is 0 Å². The number of amides is 1. The maximum atomic E-state index is 12.1. The summed E-state index contributed by atoms with van der Waals surface area (Å²) in [5, 5.41) is 2.98. The molecule has 2 aromatic rings. The fraction of sp³-hybridized carbons (Fsp3) is 0.364. The number of benzene rings is 2. The van der Waals surface area contributed by atoms with Gasteiger partial charge < -0.3 is 10.1 Å². The number of carbonyl (C=O) groups is 2. The van der Waals surface area contributed by atoms with Crippen molar-refractivity contribution >= 4 is 11.9 Å². The van der Waals surface area contributed by atoms with Gasteiger partial charge in [-0.15, -0.1) is 0 Å². The third-order valence-electron chi connectivity index (χ3n) is 4.78. The van der Waals surface area contributed by atoms with Crippen LogP contribution in [-0.2, 0) is 9.53 Å². The van der Waals surface area contributed by atoms with E-state index in [4.69, 9.17) is 4.74 Å². The van der Waals surface area contributed by atoms with E-state index in [1.807, 2.05) is 42.5 Å². The summed E-state index contributed by atoms with van der Waals surface area (Å²) >= 11 is 0. The molecule has 1 aliphatic rings. The van der Waals surface area contributed by atoms with Crippen molar-refractivity contribution in [2.24, 2.45) is 0 Å². The van der Waals surface area contributed by atoms with Crippen LogP contribution in [0.2, 0.25) is 0 Å². The quantitative estimate of drug-likeness (QED) is 0.644. The van der Waals surface area contributed by atoms with Crippen LogP contribution >= 0.6 is 0 Å². The van der Waals surface area contributed by atoms with Gasteiger partial charge in [-0.3, -0.25) is 4.79 Å². The summed E-state index contributed by atoms with van der Waals surface area (Å²) in [6, 6.07) is 17.4. The first-order valence-electron chi connectivity index (χ1n) is 9.34. The number of rotatable bonds is 5. The minimum Gasteiger partial charge on any atom is -0.452 e. The molecule has 1 N–H and O–H groups in total. The van der Waals surface area contributed by atoms with Crippen molar-refractivity contribution in [2.75, 3.05) is 6.61 Å². The Kier molecular flexibility index (Phi) is 6.42. The van der Waals surface area contributed by atoms with Crippen LogP contribution in [-0.4, -0.2) is 24.5 Å². The first kappa shape index (κ1) is 18.2. The van der Waals surface area contributed by atoms with Crippen molar-refractivity contribution in [2.45, 2.75) is 44.6 Å². The Morgan fingerprint density at radius 3 is 2.12 bits per heavy atom. The van der Waals surface area contributed by atoms with E-state index in [-0.39, 0.29) is 18.6 Å². The van der Waals surface area contributed by atoms with Crippen LogP contribution in [0.25, 0.3) is 11.1 Å². The second kappa shape index (κ2) is 9.18. The van der Waals surface area contributed by atoms with E-state index in [0.29, 0.717) is 5.56 Å². The lowest BCUT2D eigenvalue weighted by molar-refractivity contribution is -0.125. The van der Waals surface area contributed by atoms with Gasteiger partial charge in [0.05, 0.1) is 5.56 Å². The summed E-state index contributed by atoms with van der Waals surface area (Å²) in [7, 11) is 0. The summed E-state index contributed by atoms with van der Waals surface area (Å²) < 4.78 is 5.16.